The molecule has 1 aromatic carbocycles. The summed E-state index contributed by atoms with van der Waals surface area (Å²) in [5.41, 5.74) is 2.95. The van der Waals surface area contributed by atoms with Crippen molar-refractivity contribution in [3.05, 3.63) is 42.1 Å². The van der Waals surface area contributed by atoms with Crippen LogP contribution in [0.1, 0.15) is 5.56 Å². The molecule has 0 bridgehead atoms. The normalized spacial score (nSPS) is 10.3. The molecule has 0 spiro atoms. The van der Waals surface area contributed by atoms with Gasteiger partial charge in [-0.15, -0.1) is 11.8 Å². The van der Waals surface area contributed by atoms with Crippen LogP contribution in [0.5, 0.6) is 0 Å². The highest BCUT2D eigenvalue weighted by Crippen LogP contribution is 2.16. The number of carbonyl (C=O) groups is 2. The van der Waals surface area contributed by atoms with Gasteiger partial charge in [0, 0.05) is 12.7 Å². The van der Waals surface area contributed by atoms with E-state index in [4.69, 9.17) is 5.11 Å². The number of aliphatic carboxylic acids is 1. The molecule has 2 aromatic rings. The summed E-state index contributed by atoms with van der Waals surface area (Å²) in [7, 11) is 0. The fourth-order valence-electron chi connectivity index (χ4n) is 1.70. The number of amides is 1. The highest BCUT2D eigenvalue weighted by molar-refractivity contribution is 8.00. The van der Waals surface area contributed by atoms with Crippen LogP contribution in [0.4, 0.5) is 0 Å². The molecule has 0 unspecified atom stereocenters. The number of carbonyl (C=O) groups excluding carboxylic acids is 1. The van der Waals surface area contributed by atoms with Crippen LogP contribution in [0.3, 0.4) is 0 Å². The van der Waals surface area contributed by atoms with Crippen molar-refractivity contribution in [2.75, 3.05) is 11.5 Å². The van der Waals surface area contributed by atoms with Gasteiger partial charge in [0.1, 0.15) is 0 Å². The van der Waals surface area contributed by atoms with Gasteiger partial charge in [0.25, 0.3) is 0 Å². The van der Waals surface area contributed by atoms with Crippen molar-refractivity contribution in [2.45, 2.75) is 6.54 Å². The molecule has 0 aliphatic rings. The standard InChI is InChI=1S/C14H15N3O3S/c18-13(8-21-9-14(19)20)15-7-10-1-3-11(4-2-10)12-5-6-16-17-12/h1-6H,7-9H2,(H,15,18)(H,16,17)(H,19,20). The SMILES string of the molecule is O=C(O)CSCC(=O)NCc1ccc(-c2ccn[nH]2)cc1. The lowest BCUT2D eigenvalue weighted by atomic mass is 10.1. The third-order valence-electron chi connectivity index (χ3n) is 2.71. The van der Waals surface area contributed by atoms with Crippen molar-refractivity contribution in [3.8, 4) is 11.3 Å². The molecule has 21 heavy (non-hydrogen) atoms. The second-order valence-corrected chi connectivity index (χ2v) is 5.32. The van der Waals surface area contributed by atoms with Crippen molar-refractivity contribution in [1.82, 2.24) is 15.5 Å². The Labute approximate surface area is 126 Å². The molecule has 1 amide bonds. The number of aromatic nitrogens is 2. The molecule has 0 fully saturated rings. The number of hydrogen-bond acceptors (Lipinski definition) is 4. The van der Waals surface area contributed by atoms with Crippen molar-refractivity contribution in [2.24, 2.45) is 0 Å². The monoisotopic (exact) mass is 305 g/mol. The Hall–Kier alpha value is -2.28. The van der Waals surface area contributed by atoms with Gasteiger partial charge in [-0.25, -0.2) is 0 Å². The summed E-state index contributed by atoms with van der Waals surface area (Å²) in [5.74, 6) is -0.994. The van der Waals surface area contributed by atoms with Gasteiger partial charge in [-0.2, -0.15) is 5.10 Å². The molecule has 2 rings (SSSR count). The highest BCUT2D eigenvalue weighted by Gasteiger charge is 2.04. The fourth-order valence-corrected chi connectivity index (χ4v) is 2.27. The quantitative estimate of drug-likeness (QED) is 0.721. The third kappa shape index (κ3) is 4.96. The molecular formula is C14H15N3O3S. The summed E-state index contributed by atoms with van der Waals surface area (Å²) in [4.78, 5) is 21.8. The Kier molecular flexibility index (Phi) is 5.39. The van der Waals surface area contributed by atoms with Crippen molar-refractivity contribution in [1.29, 1.82) is 0 Å². The van der Waals surface area contributed by atoms with Crippen LogP contribution in [0, 0.1) is 0 Å². The van der Waals surface area contributed by atoms with E-state index in [2.05, 4.69) is 15.5 Å². The van der Waals surface area contributed by atoms with Crippen molar-refractivity contribution < 1.29 is 14.7 Å². The maximum atomic E-state index is 11.5. The Bertz CT molecular complexity index is 596. The molecule has 0 atom stereocenters. The summed E-state index contributed by atoms with van der Waals surface area (Å²) in [6, 6.07) is 9.65. The lowest BCUT2D eigenvalue weighted by molar-refractivity contribution is -0.133. The fraction of sp³-hybridized carbons (Fsp3) is 0.214. The summed E-state index contributed by atoms with van der Waals surface area (Å²) in [5, 5.41) is 18.0. The van der Waals surface area contributed by atoms with Crippen LogP contribution in [0.15, 0.2) is 36.5 Å². The first-order valence-corrected chi connectivity index (χ1v) is 7.45. The molecule has 0 aliphatic carbocycles. The van der Waals surface area contributed by atoms with Gasteiger partial charge in [-0.1, -0.05) is 24.3 Å². The Balaban J connectivity index is 1.78. The minimum Gasteiger partial charge on any atom is -0.481 e. The predicted octanol–water partition coefficient (Wildman–Crippen LogP) is 1.51. The third-order valence-corrected chi connectivity index (χ3v) is 3.63. The lowest BCUT2D eigenvalue weighted by Crippen LogP contribution is -2.25. The molecule has 110 valence electrons. The summed E-state index contributed by atoms with van der Waals surface area (Å²) in [6.45, 7) is 0.426. The van der Waals surface area contributed by atoms with E-state index in [9.17, 15) is 9.59 Å². The maximum absolute atomic E-state index is 11.5. The minimum atomic E-state index is -0.915. The number of hydrogen-bond donors (Lipinski definition) is 3. The van der Waals surface area contributed by atoms with E-state index < -0.39 is 5.97 Å². The highest BCUT2D eigenvalue weighted by atomic mass is 32.2. The number of nitrogens with one attached hydrogen (secondary N) is 2. The second-order valence-electron chi connectivity index (χ2n) is 4.33. The number of thioether (sulfide) groups is 1. The molecule has 6 nitrogen and oxygen atoms in total. The van der Waals surface area contributed by atoms with E-state index in [0.29, 0.717) is 6.54 Å². The van der Waals surface area contributed by atoms with Crippen LogP contribution < -0.4 is 5.32 Å². The van der Waals surface area contributed by atoms with E-state index in [1.54, 1.807) is 6.20 Å². The number of rotatable bonds is 7. The Morgan fingerprint density at radius 1 is 1.19 bits per heavy atom. The first-order chi connectivity index (χ1) is 10.1. The van der Waals surface area contributed by atoms with Gasteiger partial charge in [0.2, 0.25) is 5.91 Å². The molecule has 0 radical (unpaired) electrons. The zero-order valence-corrected chi connectivity index (χ0v) is 12.0. The number of aromatic amines is 1. The molecule has 0 saturated carbocycles. The van der Waals surface area contributed by atoms with Crippen LogP contribution >= 0.6 is 11.8 Å². The van der Waals surface area contributed by atoms with Crippen molar-refractivity contribution in [3.63, 3.8) is 0 Å². The van der Waals surface area contributed by atoms with Gasteiger partial charge < -0.3 is 10.4 Å². The number of H-pyrrole nitrogens is 1. The molecule has 1 aromatic heterocycles. The van der Waals surface area contributed by atoms with Crippen LogP contribution in [-0.2, 0) is 16.1 Å². The van der Waals surface area contributed by atoms with Crippen LogP contribution in [-0.4, -0.2) is 38.7 Å². The molecular weight excluding hydrogens is 290 g/mol. The first kappa shape index (κ1) is 15.1. The maximum Gasteiger partial charge on any atom is 0.313 e. The lowest BCUT2D eigenvalue weighted by Gasteiger charge is -2.05. The summed E-state index contributed by atoms with van der Waals surface area (Å²) in [6.07, 6.45) is 1.69. The average molecular weight is 305 g/mol. The molecule has 0 aliphatic heterocycles. The Morgan fingerprint density at radius 3 is 2.57 bits per heavy atom. The molecule has 7 heteroatoms. The smallest absolute Gasteiger partial charge is 0.313 e. The molecule has 3 N–H and O–H groups in total. The van der Waals surface area contributed by atoms with E-state index in [-0.39, 0.29) is 17.4 Å². The number of benzene rings is 1. The molecule has 1 heterocycles. The average Bonchev–Trinajstić information content (AvgIpc) is 2.99. The van der Waals surface area contributed by atoms with Crippen LogP contribution in [0.25, 0.3) is 11.3 Å². The molecule has 0 saturated heterocycles. The largest absolute Gasteiger partial charge is 0.481 e. The van der Waals surface area contributed by atoms with Gasteiger partial charge in [-0.3, -0.25) is 14.7 Å². The Morgan fingerprint density at radius 2 is 1.95 bits per heavy atom. The van der Waals surface area contributed by atoms with E-state index in [0.717, 1.165) is 28.6 Å². The summed E-state index contributed by atoms with van der Waals surface area (Å²) >= 11 is 1.08. The number of carboxylic acid groups (broad SMARTS) is 1. The van der Waals surface area contributed by atoms with E-state index >= 15 is 0 Å². The van der Waals surface area contributed by atoms with E-state index in [1.807, 2.05) is 30.3 Å². The minimum absolute atomic E-state index is 0.0632. The number of carboxylic acids is 1. The zero-order valence-electron chi connectivity index (χ0n) is 11.2. The zero-order chi connectivity index (χ0) is 15.1. The van der Waals surface area contributed by atoms with Crippen molar-refractivity contribution >= 4 is 23.6 Å². The van der Waals surface area contributed by atoms with E-state index in [1.165, 1.54) is 0 Å². The van der Waals surface area contributed by atoms with Gasteiger partial charge >= 0.3 is 5.97 Å². The second kappa shape index (κ2) is 7.49. The van der Waals surface area contributed by atoms with Gasteiger partial charge in [0.05, 0.1) is 17.2 Å². The summed E-state index contributed by atoms with van der Waals surface area (Å²) < 4.78 is 0. The van der Waals surface area contributed by atoms with Gasteiger partial charge in [-0.05, 0) is 17.2 Å². The number of nitrogens with zero attached hydrogens (tertiary/aromatic N) is 1. The topological polar surface area (TPSA) is 95.1 Å². The first-order valence-electron chi connectivity index (χ1n) is 6.30. The van der Waals surface area contributed by atoms with Crippen LogP contribution in [0.2, 0.25) is 0 Å². The van der Waals surface area contributed by atoms with Gasteiger partial charge in [0.15, 0.2) is 0 Å². The predicted molar refractivity (Wildman–Crippen MR) is 80.8 cm³/mol.